The zero-order chi connectivity index (χ0) is 102. The lowest BCUT2D eigenvalue weighted by Gasteiger charge is -2.34. The summed E-state index contributed by atoms with van der Waals surface area (Å²) in [6, 6.07) is 39.3. The van der Waals surface area contributed by atoms with Crippen molar-refractivity contribution in [3.63, 3.8) is 0 Å². The molecule has 30 nitrogen and oxygen atoms in total. The molecule has 0 unspecified atom stereocenters. The van der Waals surface area contributed by atoms with E-state index in [4.69, 9.17) is 81.2 Å². The molecule has 5 amide bonds. The van der Waals surface area contributed by atoms with Crippen LogP contribution in [-0.4, -0.2) is 226 Å². The molecule has 5 aliphatic rings. The lowest BCUT2D eigenvalue weighted by Crippen LogP contribution is -2.39. The Bertz CT molecular complexity index is 6830. The van der Waals surface area contributed by atoms with E-state index >= 15 is 0 Å². The van der Waals surface area contributed by atoms with Gasteiger partial charge < -0.3 is 51.1 Å². The van der Waals surface area contributed by atoms with Crippen molar-refractivity contribution in [1.82, 2.24) is 98.3 Å². The monoisotopic (exact) mass is 2080 g/mol. The van der Waals surface area contributed by atoms with Crippen molar-refractivity contribution in [2.45, 2.75) is 182 Å². The number of piperidine rings is 5. The second-order valence-electron chi connectivity index (χ2n) is 38.2. The van der Waals surface area contributed by atoms with Crippen LogP contribution < -0.4 is 26.6 Å². The second kappa shape index (κ2) is 48.1. The van der Waals surface area contributed by atoms with Gasteiger partial charge in [0, 0.05) is 128 Å². The van der Waals surface area contributed by atoms with Crippen LogP contribution in [0.15, 0.2) is 183 Å². The van der Waals surface area contributed by atoms with Crippen molar-refractivity contribution in [3.8, 4) is 0 Å². The number of aromatic nitrogens is 15. The number of likely N-dealkylation sites (tertiary alicyclic amines) is 5. The highest BCUT2D eigenvalue weighted by Gasteiger charge is 2.33. The van der Waals surface area contributed by atoms with Crippen LogP contribution in [0.2, 0.25) is 35.2 Å². The summed E-state index contributed by atoms with van der Waals surface area (Å²) in [6.45, 7) is 35.3. The lowest BCUT2D eigenvalue weighted by atomic mass is 10.0. The molecule has 5 saturated heterocycles. The van der Waals surface area contributed by atoms with Crippen molar-refractivity contribution < 1.29 is 24.0 Å². The van der Waals surface area contributed by atoms with Gasteiger partial charge in [-0.2, -0.15) is 25.5 Å². The zero-order valence-electron chi connectivity index (χ0n) is 82.8. The molecule has 0 atom stereocenters. The standard InChI is InChI=1S/C24H30ClN5O.C23H28ClN5O.C21H24ClN5O.C20H21Cl2N5O.C19H19Cl2N5O/c1-15(2)17-5-7-18(8-6-17)28-24(31)21-13-26-23-20(22(21)25)14-27-30(23)19-9-11-29(12-10-19)16(3)4;1-4-28-11-9-18(10-12-28)29-22-19(14-26-29)21(24)20(13-25-22)23(30)27-17-7-5-16(6-8-17)15(2)3;1-3-26-10-8-16(9-11-26)27-20-17(13-24-27)19(22)18(12-23-20)21(28)25-15-6-4-14(2)5-7-15;1-2-26-9-7-15(8-10-26)27-19-16(12-24-27)18(22)17(11-23-19)20(28)25-14-5-3-13(21)4-6-14;1-25-8-6-14(7-9-25)26-18-15(11-23-26)17(21)16(10-22-18)19(27)24-13-4-2-12(20)3-5-13/h5-8,13-16,19H,9-12H2,1-4H3,(H,28,31);5-8,13-15,18H,4,9-12H2,1-3H3,(H,27,30);4-7,12-13,16H,3,8-11H2,1-2H3,(H,25,28);3-6,11-12,15H,2,7-10H2,1H3,(H,25,28);2-5,10-11,14H,6-9H2,1H3,(H,24,27). The van der Waals surface area contributed by atoms with E-state index in [2.05, 4.69) is 171 Å². The fourth-order valence-electron chi connectivity index (χ4n) is 18.9. The molecule has 5 fully saturated rings. The van der Waals surface area contributed by atoms with E-state index < -0.39 is 0 Å². The number of fused-ring (bicyclic) bond motifs is 5. The summed E-state index contributed by atoms with van der Waals surface area (Å²) in [4.78, 5) is 98.3. The number of hydrogen-bond acceptors (Lipinski definition) is 20. The molecule has 5 N–H and O–H groups in total. The number of rotatable bonds is 21. The largest absolute Gasteiger partial charge is 0.322 e. The molecule has 15 heterocycles. The third-order valence-electron chi connectivity index (χ3n) is 27.9. The maximum atomic E-state index is 12.8. The van der Waals surface area contributed by atoms with Crippen LogP contribution in [0.4, 0.5) is 28.4 Å². The maximum Gasteiger partial charge on any atom is 0.258 e. The summed E-state index contributed by atoms with van der Waals surface area (Å²) >= 11 is 44.6. The molecule has 20 rings (SSSR count). The third-order valence-corrected chi connectivity index (χ3v) is 30.4. The molecule has 15 aromatic rings. The fraction of sp³-hybridized carbons (Fsp3) is 0.393. The smallest absolute Gasteiger partial charge is 0.258 e. The van der Waals surface area contributed by atoms with Crippen LogP contribution in [0.1, 0.15) is 237 Å². The van der Waals surface area contributed by atoms with Crippen molar-refractivity contribution in [2.24, 2.45) is 0 Å². The highest BCUT2D eigenvalue weighted by Crippen LogP contribution is 2.39. The van der Waals surface area contributed by atoms with Gasteiger partial charge in [-0.25, -0.2) is 48.3 Å². The summed E-state index contributed by atoms with van der Waals surface area (Å²) in [5, 5.41) is 43.7. The van der Waals surface area contributed by atoms with E-state index in [0.717, 1.165) is 216 Å². The Kier molecular flexibility index (Phi) is 35.2. The predicted octanol–water partition coefficient (Wildman–Crippen LogP) is 23.8. The number of anilines is 5. The van der Waals surface area contributed by atoms with E-state index in [1.807, 2.05) is 103 Å². The van der Waals surface area contributed by atoms with Gasteiger partial charge in [0.05, 0.1) is 141 Å². The Morgan fingerprint density at radius 2 is 0.507 bits per heavy atom. The Morgan fingerprint density at radius 3 is 0.722 bits per heavy atom. The summed E-state index contributed by atoms with van der Waals surface area (Å²) in [5.41, 5.74) is 12.5. The Morgan fingerprint density at radius 1 is 0.299 bits per heavy atom. The molecule has 37 heteroatoms. The van der Waals surface area contributed by atoms with Crippen molar-refractivity contribution in [1.29, 1.82) is 0 Å². The number of nitrogens with one attached hydrogen (secondary N) is 5. The molecule has 144 heavy (non-hydrogen) atoms. The molecule has 5 aromatic carbocycles. The first-order valence-corrected chi connectivity index (χ1v) is 52.2. The van der Waals surface area contributed by atoms with E-state index in [1.165, 1.54) is 23.5 Å². The number of aryl methyl sites for hydroxylation is 1. The zero-order valence-corrected chi connectivity index (χ0v) is 88.1. The number of carbonyl (C=O) groups excluding carboxylic acids is 5. The first-order chi connectivity index (χ1) is 69.5. The minimum atomic E-state index is -0.316. The molecule has 0 saturated carbocycles. The molecule has 0 spiro atoms. The third kappa shape index (κ3) is 24.8. The number of pyridine rings is 5. The van der Waals surface area contributed by atoms with Crippen LogP contribution in [0.25, 0.3) is 55.2 Å². The highest BCUT2D eigenvalue weighted by molar-refractivity contribution is 6.41. The van der Waals surface area contributed by atoms with Gasteiger partial charge in [0.25, 0.3) is 29.5 Å². The Labute approximate surface area is 873 Å². The van der Waals surface area contributed by atoms with Gasteiger partial charge in [-0.1, -0.05) is 172 Å². The van der Waals surface area contributed by atoms with Crippen LogP contribution in [0.3, 0.4) is 0 Å². The normalized spacial score (nSPS) is 15.8. The summed E-state index contributed by atoms with van der Waals surface area (Å²) < 4.78 is 9.81. The van der Waals surface area contributed by atoms with E-state index in [0.29, 0.717) is 133 Å². The number of benzene rings is 5. The van der Waals surface area contributed by atoms with Crippen LogP contribution >= 0.6 is 81.2 Å². The average Bonchev–Trinajstić information content (AvgIpc) is 1.64. The number of nitrogens with zero attached hydrogens (tertiary/aromatic N) is 20. The first kappa shape index (κ1) is 105. The highest BCUT2D eigenvalue weighted by atomic mass is 35.5. The average molecular weight is 2090 g/mol. The first-order valence-electron chi connectivity index (χ1n) is 49.5. The predicted molar refractivity (Wildman–Crippen MR) is 580 cm³/mol. The van der Waals surface area contributed by atoms with Gasteiger partial charge in [-0.05, 0) is 233 Å². The lowest BCUT2D eigenvalue weighted by molar-refractivity contribution is 0.101. The number of halogens is 7. The number of hydrogen-bond donors (Lipinski definition) is 5. The molecule has 754 valence electrons. The molecular weight excluding hydrogens is 1960 g/mol. The van der Waals surface area contributed by atoms with Crippen molar-refractivity contribution in [2.75, 3.05) is 119 Å². The van der Waals surface area contributed by atoms with Crippen LogP contribution in [0.5, 0.6) is 0 Å². The second-order valence-corrected chi connectivity index (χ2v) is 40.9. The van der Waals surface area contributed by atoms with Crippen LogP contribution in [0, 0.1) is 6.92 Å². The van der Waals surface area contributed by atoms with Gasteiger partial charge in [-0.15, -0.1) is 0 Å². The molecule has 0 aliphatic carbocycles. The van der Waals surface area contributed by atoms with Gasteiger partial charge in [0.2, 0.25) is 0 Å². The molecule has 0 radical (unpaired) electrons. The van der Waals surface area contributed by atoms with Gasteiger partial charge in [-0.3, -0.25) is 24.0 Å². The SMILES string of the molecule is CC(C)c1ccc(NC(=O)c2cnc3c(cnn3C3CCN(C(C)C)CC3)c2Cl)cc1.CCN1CCC(n2ncc3c(Cl)c(C(=O)Nc4ccc(C(C)C)cc4)cnc32)CC1.CCN1CCC(n2ncc3c(Cl)c(C(=O)Nc4ccc(C)cc4)cnc32)CC1.CCN1CCC(n2ncc3c(Cl)c(C(=O)Nc4ccc(Cl)cc4)cnc32)CC1.CN1CCC(n2ncc3c(Cl)c(C(=O)Nc4ccc(Cl)cc4)cnc32)CC1. The minimum Gasteiger partial charge on any atom is -0.322 e. The van der Waals surface area contributed by atoms with Gasteiger partial charge in [0.15, 0.2) is 28.2 Å². The van der Waals surface area contributed by atoms with E-state index in [9.17, 15) is 24.0 Å². The van der Waals surface area contributed by atoms with Gasteiger partial charge in [0.1, 0.15) is 0 Å². The summed E-state index contributed by atoms with van der Waals surface area (Å²) in [5.74, 6) is -0.548. The Hall–Kier alpha value is -11.6. The fourth-order valence-corrected chi connectivity index (χ4v) is 20.5. The minimum absolute atomic E-state index is 0.268. The van der Waals surface area contributed by atoms with Crippen molar-refractivity contribution >= 4 is 194 Å². The van der Waals surface area contributed by atoms with Crippen molar-refractivity contribution in [3.05, 3.63) is 263 Å². The van der Waals surface area contributed by atoms with E-state index in [1.54, 1.807) is 98.1 Å². The van der Waals surface area contributed by atoms with E-state index in [-0.39, 0.29) is 29.5 Å². The molecule has 5 aliphatic heterocycles. The molecule has 10 aromatic heterocycles. The molecular formula is C107H122Cl7N25O5. The summed E-state index contributed by atoms with van der Waals surface area (Å²) in [7, 11) is 2.12. The quantitative estimate of drug-likeness (QED) is 0.0446. The number of amides is 5. The van der Waals surface area contributed by atoms with Gasteiger partial charge >= 0.3 is 0 Å². The summed E-state index contributed by atoms with van der Waals surface area (Å²) in [6.07, 6.45) is 26.6. The topological polar surface area (TPSA) is 315 Å². The molecule has 0 bridgehead atoms. The Balaban J connectivity index is 0.000000129. The number of carbonyl (C=O) groups is 5. The maximum absolute atomic E-state index is 12.8. The van der Waals surface area contributed by atoms with Crippen LogP contribution in [-0.2, 0) is 0 Å².